The second-order valence-corrected chi connectivity index (χ2v) is 4.52. The number of methoxy groups -OCH3 is 1. The molecule has 0 aliphatic rings. The molecule has 2 nitrogen and oxygen atoms in total. The molecular formula is C17H13F3O2. The van der Waals surface area contributed by atoms with Gasteiger partial charge in [0.1, 0.15) is 5.75 Å². The third kappa shape index (κ3) is 3.97. The van der Waals surface area contributed by atoms with E-state index < -0.39 is 17.5 Å². The summed E-state index contributed by atoms with van der Waals surface area (Å²) in [6.07, 6.45) is -4.55. The molecule has 0 aliphatic heterocycles. The maximum atomic E-state index is 12.8. The largest absolute Gasteiger partial charge is 0.497 e. The third-order valence-electron chi connectivity index (χ3n) is 2.99. The SMILES string of the molecule is COc1ccc(C(=CC(F)(F)F)C(=O)c2ccccc2)cc1. The summed E-state index contributed by atoms with van der Waals surface area (Å²) in [7, 11) is 1.45. The summed E-state index contributed by atoms with van der Waals surface area (Å²) >= 11 is 0. The lowest BCUT2D eigenvalue weighted by Gasteiger charge is -2.10. The van der Waals surface area contributed by atoms with Gasteiger partial charge in [0.15, 0.2) is 5.78 Å². The Bertz CT molecular complexity index is 671. The van der Waals surface area contributed by atoms with E-state index in [-0.39, 0.29) is 17.2 Å². The van der Waals surface area contributed by atoms with Gasteiger partial charge in [0.25, 0.3) is 0 Å². The van der Waals surface area contributed by atoms with Crippen LogP contribution in [0.5, 0.6) is 5.75 Å². The smallest absolute Gasteiger partial charge is 0.410 e. The Labute approximate surface area is 125 Å². The van der Waals surface area contributed by atoms with Gasteiger partial charge in [0, 0.05) is 17.2 Å². The van der Waals surface area contributed by atoms with Crippen LogP contribution in [0.2, 0.25) is 0 Å². The molecule has 114 valence electrons. The van der Waals surface area contributed by atoms with E-state index in [0.29, 0.717) is 5.75 Å². The third-order valence-corrected chi connectivity index (χ3v) is 2.99. The van der Waals surface area contributed by atoms with Crippen LogP contribution in [-0.4, -0.2) is 19.1 Å². The van der Waals surface area contributed by atoms with Gasteiger partial charge in [-0.25, -0.2) is 0 Å². The van der Waals surface area contributed by atoms with Gasteiger partial charge in [-0.05, 0) is 17.7 Å². The molecule has 0 bridgehead atoms. The van der Waals surface area contributed by atoms with E-state index in [1.54, 1.807) is 18.2 Å². The van der Waals surface area contributed by atoms with E-state index in [9.17, 15) is 18.0 Å². The van der Waals surface area contributed by atoms with Crippen LogP contribution in [-0.2, 0) is 0 Å². The van der Waals surface area contributed by atoms with Crippen LogP contribution < -0.4 is 4.74 Å². The summed E-state index contributed by atoms with van der Waals surface area (Å²) < 4.78 is 43.2. The standard InChI is InChI=1S/C17H13F3O2/c1-22-14-9-7-12(8-10-14)15(11-17(18,19)20)16(21)13-5-3-2-4-6-13/h2-11H,1H3. The molecule has 0 saturated carbocycles. The van der Waals surface area contributed by atoms with Gasteiger partial charge in [0.2, 0.25) is 0 Å². The lowest BCUT2D eigenvalue weighted by molar-refractivity contribution is -0.0793. The number of benzene rings is 2. The van der Waals surface area contributed by atoms with Gasteiger partial charge in [-0.2, -0.15) is 13.2 Å². The van der Waals surface area contributed by atoms with Crippen molar-refractivity contribution in [2.24, 2.45) is 0 Å². The number of carbonyl (C=O) groups is 1. The molecule has 0 heterocycles. The molecule has 0 spiro atoms. The van der Waals surface area contributed by atoms with Crippen molar-refractivity contribution in [3.63, 3.8) is 0 Å². The van der Waals surface area contributed by atoms with Crippen molar-refractivity contribution in [1.29, 1.82) is 0 Å². The van der Waals surface area contributed by atoms with Crippen LogP contribution in [0.3, 0.4) is 0 Å². The Morgan fingerprint density at radius 1 is 0.955 bits per heavy atom. The van der Waals surface area contributed by atoms with Crippen LogP contribution in [0.25, 0.3) is 5.57 Å². The molecule has 0 aliphatic carbocycles. The molecule has 0 fully saturated rings. The van der Waals surface area contributed by atoms with E-state index in [1.807, 2.05) is 0 Å². The number of carbonyl (C=O) groups excluding carboxylic acids is 1. The number of ketones is 1. The molecule has 0 unspecified atom stereocenters. The predicted octanol–water partition coefficient (Wildman–Crippen LogP) is 4.52. The fourth-order valence-electron chi connectivity index (χ4n) is 1.96. The molecule has 5 heteroatoms. The number of Topliss-reactive ketones (excluding diaryl/α,β-unsaturated/α-hetero) is 1. The topological polar surface area (TPSA) is 26.3 Å². The minimum Gasteiger partial charge on any atom is -0.497 e. The highest BCUT2D eigenvalue weighted by Crippen LogP contribution is 2.28. The van der Waals surface area contributed by atoms with Crippen molar-refractivity contribution in [3.05, 3.63) is 71.8 Å². The number of alkyl halides is 3. The second-order valence-electron chi connectivity index (χ2n) is 4.52. The van der Waals surface area contributed by atoms with Crippen LogP contribution >= 0.6 is 0 Å². The van der Waals surface area contributed by atoms with Crippen molar-refractivity contribution in [2.75, 3.05) is 7.11 Å². The van der Waals surface area contributed by atoms with Gasteiger partial charge >= 0.3 is 6.18 Å². The number of ether oxygens (including phenoxy) is 1. The zero-order valence-electron chi connectivity index (χ0n) is 11.7. The van der Waals surface area contributed by atoms with Crippen LogP contribution in [0.15, 0.2) is 60.7 Å². The maximum Gasteiger partial charge on any atom is 0.410 e. The van der Waals surface area contributed by atoms with Crippen LogP contribution in [0.1, 0.15) is 15.9 Å². The summed E-state index contributed by atoms with van der Waals surface area (Å²) in [5, 5.41) is 0. The summed E-state index contributed by atoms with van der Waals surface area (Å²) in [5.41, 5.74) is -0.0119. The number of allylic oxidation sites excluding steroid dienone is 2. The fraction of sp³-hybridized carbons (Fsp3) is 0.118. The normalized spacial score (nSPS) is 12.1. The van der Waals surface area contributed by atoms with E-state index in [0.717, 1.165) is 0 Å². The molecule has 0 aromatic heterocycles. The molecule has 0 saturated heterocycles. The Morgan fingerprint density at radius 3 is 2.05 bits per heavy atom. The van der Waals surface area contributed by atoms with E-state index >= 15 is 0 Å². The first-order valence-corrected chi connectivity index (χ1v) is 6.44. The zero-order valence-corrected chi connectivity index (χ0v) is 11.7. The monoisotopic (exact) mass is 306 g/mol. The van der Waals surface area contributed by atoms with Crippen molar-refractivity contribution in [3.8, 4) is 5.75 Å². The minimum atomic E-state index is -4.58. The Hall–Kier alpha value is -2.56. The lowest BCUT2D eigenvalue weighted by atomic mass is 9.96. The highest BCUT2D eigenvalue weighted by molar-refractivity contribution is 6.29. The molecule has 2 aromatic carbocycles. The summed E-state index contributed by atoms with van der Waals surface area (Å²) in [4.78, 5) is 12.4. The van der Waals surface area contributed by atoms with Crippen LogP contribution in [0, 0.1) is 0 Å². The molecular weight excluding hydrogens is 293 g/mol. The Balaban J connectivity index is 2.47. The highest BCUT2D eigenvalue weighted by atomic mass is 19.4. The van der Waals surface area contributed by atoms with Gasteiger partial charge < -0.3 is 4.74 Å². The van der Waals surface area contributed by atoms with E-state index in [4.69, 9.17) is 4.74 Å². The zero-order chi connectivity index (χ0) is 16.2. The van der Waals surface area contributed by atoms with Gasteiger partial charge in [-0.1, -0.05) is 42.5 Å². The Morgan fingerprint density at radius 2 is 1.55 bits per heavy atom. The first-order chi connectivity index (χ1) is 10.4. The number of hydrogen-bond donors (Lipinski definition) is 0. The highest BCUT2D eigenvalue weighted by Gasteiger charge is 2.28. The van der Waals surface area contributed by atoms with Crippen molar-refractivity contribution < 1.29 is 22.7 Å². The second kappa shape index (κ2) is 6.47. The van der Waals surface area contributed by atoms with Crippen LogP contribution in [0.4, 0.5) is 13.2 Å². The van der Waals surface area contributed by atoms with E-state index in [2.05, 4.69) is 0 Å². The first kappa shape index (κ1) is 15.8. The average Bonchev–Trinajstić information content (AvgIpc) is 2.52. The summed E-state index contributed by atoms with van der Waals surface area (Å²) in [6, 6.07) is 13.7. The fourth-order valence-corrected chi connectivity index (χ4v) is 1.96. The van der Waals surface area contributed by atoms with E-state index in [1.165, 1.54) is 43.5 Å². The summed E-state index contributed by atoms with van der Waals surface area (Å²) in [6.45, 7) is 0. The molecule has 0 N–H and O–H groups in total. The van der Waals surface area contributed by atoms with Crippen molar-refractivity contribution >= 4 is 11.4 Å². The van der Waals surface area contributed by atoms with Crippen molar-refractivity contribution in [1.82, 2.24) is 0 Å². The Kier molecular flexibility index (Phi) is 4.65. The molecule has 0 amide bonds. The maximum absolute atomic E-state index is 12.8. The molecule has 0 atom stereocenters. The van der Waals surface area contributed by atoms with Gasteiger partial charge in [-0.15, -0.1) is 0 Å². The predicted molar refractivity (Wildman–Crippen MR) is 77.8 cm³/mol. The number of hydrogen-bond acceptors (Lipinski definition) is 2. The minimum absolute atomic E-state index is 0.0319. The molecule has 2 aromatic rings. The molecule has 0 radical (unpaired) electrons. The number of halogens is 3. The van der Waals surface area contributed by atoms with Gasteiger partial charge in [0.05, 0.1) is 7.11 Å². The van der Waals surface area contributed by atoms with Gasteiger partial charge in [-0.3, -0.25) is 4.79 Å². The first-order valence-electron chi connectivity index (χ1n) is 6.44. The lowest BCUT2D eigenvalue weighted by Crippen LogP contribution is -2.09. The molecule has 22 heavy (non-hydrogen) atoms. The molecule has 2 rings (SSSR count). The van der Waals surface area contributed by atoms with Crippen molar-refractivity contribution in [2.45, 2.75) is 6.18 Å². The quantitative estimate of drug-likeness (QED) is 0.613. The number of rotatable bonds is 4. The summed E-state index contributed by atoms with van der Waals surface area (Å²) in [5.74, 6) is -0.176. The average molecular weight is 306 g/mol.